The minimum absolute atomic E-state index is 0.0340. The van der Waals surface area contributed by atoms with Crippen molar-refractivity contribution in [3.8, 4) is 11.5 Å². The summed E-state index contributed by atoms with van der Waals surface area (Å²) in [4.78, 5) is 22.2. The van der Waals surface area contributed by atoms with Gasteiger partial charge in [0, 0.05) is 32.2 Å². The highest BCUT2D eigenvalue weighted by atomic mass is 16.5. The Kier molecular flexibility index (Phi) is 4.64. The fourth-order valence-electron chi connectivity index (χ4n) is 2.18. The molecule has 8 nitrogen and oxygen atoms in total. The summed E-state index contributed by atoms with van der Waals surface area (Å²) in [6, 6.07) is 7.27. The number of rotatable bonds is 6. The summed E-state index contributed by atoms with van der Waals surface area (Å²) < 4.78 is 10.2. The molecule has 24 heavy (non-hydrogen) atoms. The topological polar surface area (TPSA) is 98.2 Å². The van der Waals surface area contributed by atoms with E-state index < -0.39 is 0 Å². The number of aromatic nitrogens is 4. The van der Waals surface area contributed by atoms with E-state index in [-0.39, 0.29) is 12.3 Å². The predicted molar refractivity (Wildman–Crippen MR) is 83.6 cm³/mol. The molecule has 1 amide bonds. The second-order valence-corrected chi connectivity index (χ2v) is 5.41. The number of pyridine rings is 1. The Bertz CT molecular complexity index is 812. The Balaban J connectivity index is 1.53. The Morgan fingerprint density at radius 1 is 1.25 bits per heavy atom. The molecule has 0 saturated carbocycles. The SMILES string of the molecule is Cc1cc(CN(C)C(=O)CCc2nc(-c3ccccn3)no2)no1. The summed E-state index contributed by atoms with van der Waals surface area (Å²) in [5.41, 5.74) is 1.36. The van der Waals surface area contributed by atoms with Gasteiger partial charge < -0.3 is 13.9 Å². The first-order valence-corrected chi connectivity index (χ1v) is 7.52. The van der Waals surface area contributed by atoms with Crippen LogP contribution in [0.5, 0.6) is 0 Å². The monoisotopic (exact) mass is 327 g/mol. The fourth-order valence-corrected chi connectivity index (χ4v) is 2.18. The van der Waals surface area contributed by atoms with Crippen LogP contribution in [0, 0.1) is 6.92 Å². The number of carbonyl (C=O) groups is 1. The van der Waals surface area contributed by atoms with Gasteiger partial charge >= 0.3 is 0 Å². The normalized spacial score (nSPS) is 10.8. The lowest BCUT2D eigenvalue weighted by Crippen LogP contribution is -2.26. The van der Waals surface area contributed by atoms with Crippen molar-refractivity contribution in [3.63, 3.8) is 0 Å². The number of carbonyl (C=O) groups excluding carboxylic acids is 1. The lowest BCUT2D eigenvalue weighted by Gasteiger charge is -2.14. The molecule has 0 saturated heterocycles. The van der Waals surface area contributed by atoms with Crippen molar-refractivity contribution in [1.29, 1.82) is 0 Å². The average molecular weight is 327 g/mol. The second kappa shape index (κ2) is 7.03. The van der Waals surface area contributed by atoms with Crippen LogP contribution in [-0.2, 0) is 17.8 Å². The number of aryl methyl sites for hydroxylation is 2. The number of nitrogens with zero attached hydrogens (tertiary/aromatic N) is 5. The minimum atomic E-state index is -0.0340. The highest BCUT2D eigenvalue weighted by molar-refractivity contribution is 5.76. The first kappa shape index (κ1) is 15.9. The van der Waals surface area contributed by atoms with E-state index in [0.717, 1.165) is 11.5 Å². The van der Waals surface area contributed by atoms with E-state index >= 15 is 0 Å². The van der Waals surface area contributed by atoms with Crippen LogP contribution in [0.15, 0.2) is 39.5 Å². The molecule has 0 aromatic carbocycles. The summed E-state index contributed by atoms with van der Waals surface area (Å²) in [5.74, 6) is 1.52. The molecule has 3 aromatic heterocycles. The molecule has 124 valence electrons. The van der Waals surface area contributed by atoms with E-state index in [1.807, 2.05) is 19.1 Å². The van der Waals surface area contributed by atoms with Crippen LogP contribution in [0.4, 0.5) is 0 Å². The van der Waals surface area contributed by atoms with Gasteiger partial charge in [-0.2, -0.15) is 4.98 Å². The second-order valence-electron chi connectivity index (χ2n) is 5.41. The highest BCUT2D eigenvalue weighted by Gasteiger charge is 2.15. The van der Waals surface area contributed by atoms with Gasteiger partial charge in [0.1, 0.15) is 17.1 Å². The molecule has 0 fully saturated rings. The van der Waals surface area contributed by atoms with Crippen molar-refractivity contribution in [2.45, 2.75) is 26.3 Å². The third-order valence-electron chi connectivity index (χ3n) is 3.42. The van der Waals surface area contributed by atoms with Crippen LogP contribution < -0.4 is 0 Å². The molecule has 0 atom stereocenters. The Morgan fingerprint density at radius 3 is 2.83 bits per heavy atom. The van der Waals surface area contributed by atoms with Gasteiger partial charge in [0.05, 0.1) is 6.54 Å². The van der Waals surface area contributed by atoms with Gasteiger partial charge in [-0.15, -0.1) is 0 Å². The van der Waals surface area contributed by atoms with Crippen LogP contribution >= 0.6 is 0 Å². The van der Waals surface area contributed by atoms with E-state index in [2.05, 4.69) is 20.3 Å². The summed E-state index contributed by atoms with van der Waals surface area (Å²) >= 11 is 0. The number of hydrogen-bond donors (Lipinski definition) is 0. The summed E-state index contributed by atoms with van der Waals surface area (Å²) in [5, 5.41) is 7.76. The Labute approximate surface area is 138 Å². The van der Waals surface area contributed by atoms with Crippen LogP contribution in [-0.4, -0.2) is 38.1 Å². The standard InChI is InChI=1S/C16H17N5O3/c1-11-9-12(19-23-11)10-21(2)15(22)7-6-14-18-16(20-24-14)13-5-3-4-8-17-13/h3-5,8-9H,6-7,10H2,1-2H3. The smallest absolute Gasteiger partial charge is 0.227 e. The quantitative estimate of drug-likeness (QED) is 0.683. The van der Waals surface area contributed by atoms with Gasteiger partial charge in [-0.05, 0) is 19.1 Å². The maximum atomic E-state index is 12.2. The Morgan fingerprint density at radius 2 is 2.12 bits per heavy atom. The molecule has 0 N–H and O–H groups in total. The van der Waals surface area contributed by atoms with E-state index in [9.17, 15) is 4.79 Å². The molecule has 0 spiro atoms. The van der Waals surface area contributed by atoms with Gasteiger partial charge in [0.25, 0.3) is 0 Å². The zero-order valence-electron chi connectivity index (χ0n) is 13.5. The van der Waals surface area contributed by atoms with Crippen molar-refractivity contribution in [1.82, 2.24) is 25.2 Å². The first-order valence-electron chi connectivity index (χ1n) is 7.52. The molecule has 0 aliphatic heterocycles. The molecule has 3 heterocycles. The number of amides is 1. The highest BCUT2D eigenvalue weighted by Crippen LogP contribution is 2.13. The van der Waals surface area contributed by atoms with Gasteiger partial charge in [0.2, 0.25) is 17.6 Å². The van der Waals surface area contributed by atoms with Crippen molar-refractivity contribution in [2.24, 2.45) is 0 Å². The molecule has 0 aliphatic carbocycles. The molecule has 0 bridgehead atoms. The van der Waals surface area contributed by atoms with Crippen molar-refractivity contribution in [2.75, 3.05) is 7.05 Å². The molecule has 3 aromatic rings. The van der Waals surface area contributed by atoms with Crippen LogP contribution in [0.1, 0.15) is 23.8 Å². The van der Waals surface area contributed by atoms with Gasteiger partial charge in [-0.3, -0.25) is 9.78 Å². The fraction of sp³-hybridized carbons (Fsp3) is 0.312. The van der Waals surface area contributed by atoms with Crippen molar-refractivity contribution >= 4 is 5.91 Å². The van der Waals surface area contributed by atoms with Gasteiger partial charge in [-0.25, -0.2) is 0 Å². The third-order valence-corrected chi connectivity index (χ3v) is 3.42. The molecule has 8 heteroatoms. The summed E-state index contributed by atoms with van der Waals surface area (Å²) in [7, 11) is 1.72. The van der Waals surface area contributed by atoms with E-state index in [4.69, 9.17) is 9.05 Å². The number of hydrogen-bond acceptors (Lipinski definition) is 7. The average Bonchev–Trinajstić information content (AvgIpc) is 3.22. The molecule has 0 unspecified atom stereocenters. The third kappa shape index (κ3) is 3.83. The van der Waals surface area contributed by atoms with E-state index in [1.54, 1.807) is 30.3 Å². The molecule has 0 radical (unpaired) electrons. The van der Waals surface area contributed by atoms with Gasteiger partial charge in [-0.1, -0.05) is 16.4 Å². The van der Waals surface area contributed by atoms with E-state index in [1.165, 1.54) is 0 Å². The molecular weight excluding hydrogens is 310 g/mol. The van der Waals surface area contributed by atoms with Gasteiger partial charge in [0.15, 0.2) is 0 Å². The van der Waals surface area contributed by atoms with E-state index in [0.29, 0.717) is 30.4 Å². The minimum Gasteiger partial charge on any atom is -0.361 e. The maximum Gasteiger partial charge on any atom is 0.227 e. The van der Waals surface area contributed by atoms with Crippen LogP contribution in [0.2, 0.25) is 0 Å². The zero-order chi connectivity index (χ0) is 16.9. The summed E-state index contributed by atoms with van der Waals surface area (Å²) in [6.45, 7) is 2.21. The van der Waals surface area contributed by atoms with Crippen LogP contribution in [0.3, 0.4) is 0 Å². The lowest BCUT2D eigenvalue weighted by atomic mass is 10.2. The summed E-state index contributed by atoms with van der Waals surface area (Å²) in [6.07, 6.45) is 2.31. The van der Waals surface area contributed by atoms with Crippen molar-refractivity contribution in [3.05, 3.63) is 47.8 Å². The first-order chi connectivity index (χ1) is 11.6. The molecular formula is C16H17N5O3. The largest absolute Gasteiger partial charge is 0.361 e. The van der Waals surface area contributed by atoms with Crippen LogP contribution in [0.25, 0.3) is 11.5 Å². The zero-order valence-corrected chi connectivity index (χ0v) is 13.5. The molecule has 3 rings (SSSR count). The predicted octanol–water partition coefficient (Wildman–Crippen LogP) is 2.02. The lowest BCUT2D eigenvalue weighted by molar-refractivity contribution is -0.130. The van der Waals surface area contributed by atoms with Crippen molar-refractivity contribution < 1.29 is 13.8 Å². The maximum absolute atomic E-state index is 12.2. The Hall–Kier alpha value is -3.03. The molecule has 0 aliphatic rings.